The molecule has 3 rings (SSSR count). The Morgan fingerprint density at radius 2 is 1.83 bits per heavy atom. The van der Waals surface area contributed by atoms with E-state index in [0.29, 0.717) is 22.3 Å². The van der Waals surface area contributed by atoms with Crippen LogP contribution >= 0.6 is 11.8 Å². The van der Waals surface area contributed by atoms with Crippen molar-refractivity contribution in [3.8, 4) is 0 Å². The van der Waals surface area contributed by atoms with Crippen LogP contribution in [-0.2, 0) is 10.2 Å². The predicted octanol–water partition coefficient (Wildman–Crippen LogP) is 5.06. The molecule has 1 aliphatic rings. The molecule has 5 heteroatoms. The Hall–Kier alpha value is -1.88. The van der Waals surface area contributed by atoms with Gasteiger partial charge in [-0.3, -0.25) is 4.79 Å². The Bertz CT molecular complexity index is 686. The molecule has 0 heterocycles. The summed E-state index contributed by atoms with van der Waals surface area (Å²) in [6.45, 7) is 0. The lowest BCUT2D eigenvalue weighted by Gasteiger charge is -2.40. The molecule has 2 aromatic carbocycles. The van der Waals surface area contributed by atoms with Gasteiger partial charge in [-0.05, 0) is 36.6 Å². The molecule has 1 aliphatic carbocycles. The number of anilines is 1. The molecular weight excluding hydrogens is 316 g/mol. The van der Waals surface area contributed by atoms with E-state index < -0.39 is 11.2 Å². The van der Waals surface area contributed by atoms with Crippen LogP contribution in [0.2, 0.25) is 0 Å². The zero-order chi connectivity index (χ0) is 16.3. The van der Waals surface area contributed by atoms with Gasteiger partial charge in [-0.15, -0.1) is 0 Å². The molecule has 0 atom stereocenters. The number of amides is 1. The van der Waals surface area contributed by atoms with E-state index in [1.165, 1.54) is 0 Å². The fourth-order valence-electron chi connectivity index (χ4n) is 2.94. The summed E-state index contributed by atoms with van der Waals surface area (Å²) in [6.07, 6.45) is 2.65. The van der Waals surface area contributed by atoms with Gasteiger partial charge in [0.1, 0.15) is 0 Å². The second kappa shape index (κ2) is 6.71. The van der Waals surface area contributed by atoms with Gasteiger partial charge in [0, 0.05) is 10.6 Å². The lowest BCUT2D eigenvalue weighted by atomic mass is 9.64. The Morgan fingerprint density at radius 1 is 1.09 bits per heavy atom. The van der Waals surface area contributed by atoms with Crippen molar-refractivity contribution in [1.82, 2.24) is 0 Å². The first kappa shape index (κ1) is 16.0. The summed E-state index contributed by atoms with van der Waals surface area (Å²) in [4.78, 5) is 13.2. The van der Waals surface area contributed by atoms with Crippen molar-refractivity contribution in [3.05, 3.63) is 60.2 Å². The Kier molecular flexibility index (Phi) is 4.66. The molecule has 0 aliphatic heterocycles. The SMILES string of the molecule is O=C(Nc1cccc(SC(F)F)c1)C1(c2ccccc2)CCC1. The standard InChI is InChI=1S/C18H17F2NOS/c19-17(20)23-15-9-4-8-14(12-15)21-16(22)18(10-5-11-18)13-6-2-1-3-7-13/h1-4,6-9,12,17H,5,10-11H2,(H,21,22). The van der Waals surface area contributed by atoms with Crippen LogP contribution in [0.1, 0.15) is 24.8 Å². The first-order valence-electron chi connectivity index (χ1n) is 7.52. The highest BCUT2D eigenvalue weighted by Gasteiger charge is 2.45. The van der Waals surface area contributed by atoms with E-state index >= 15 is 0 Å². The largest absolute Gasteiger partial charge is 0.325 e. The van der Waals surface area contributed by atoms with E-state index in [2.05, 4.69) is 5.32 Å². The first-order chi connectivity index (χ1) is 11.1. The van der Waals surface area contributed by atoms with E-state index in [1.54, 1.807) is 24.3 Å². The number of rotatable bonds is 5. The van der Waals surface area contributed by atoms with Gasteiger partial charge in [-0.1, -0.05) is 54.6 Å². The number of nitrogens with one attached hydrogen (secondary N) is 1. The molecule has 2 nitrogen and oxygen atoms in total. The number of thioether (sulfide) groups is 1. The number of carbonyl (C=O) groups excluding carboxylic acids is 1. The maximum Gasteiger partial charge on any atom is 0.288 e. The van der Waals surface area contributed by atoms with Crippen molar-refractivity contribution in [2.45, 2.75) is 35.3 Å². The summed E-state index contributed by atoms with van der Waals surface area (Å²) in [5.41, 5.74) is 1.08. The maximum absolute atomic E-state index is 12.8. The van der Waals surface area contributed by atoms with Crippen molar-refractivity contribution < 1.29 is 13.6 Å². The molecule has 0 radical (unpaired) electrons. The van der Waals surface area contributed by atoms with Crippen molar-refractivity contribution in [1.29, 1.82) is 0 Å². The molecule has 0 saturated heterocycles. The van der Waals surface area contributed by atoms with Gasteiger partial charge in [0.05, 0.1) is 5.41 Å². The van der Waals surface area contributed by atoms with Crippen LogP contribution in [0.5, 0.6) is 0 Å². The minimum absolute atomic E-state index is 0.0610. The second-order valence-electron chi connectivity index (χ2n) is 5.66. The molecular formula is C18H17F2NOS. The van der Waals surface area contributed by atoms with E-state index in [0.717, 1.165) is 24.8 Å². The summed E-state index contributed by atoms with van der Waals surface area (Å²) in [5, 5.41) is 2.90. The minimum Gasteiger partial charge on any atom is -0.325 e. The smallest absolute Gasteiger partial charge is 0.288 e. The number of halogens is 2. The molecule has 120 valence electrons. The van der Waals surface area contributed by atoms with E-state index in [-0.39, 0.29) is 5.91 Å². The average Bonchev–Trinajstić information content (AvgIpc) is 2.47. The Balaban J connectivity index is 1.78. The van der Waals surface area contributed by atoms with Crippen LogP contribution in [0.15, 0.2) is 59.5 Å². The third kappa shape index (κ3) is 3.39. The lowest BCUT2D eigenvalue weighted by Crippen LogP contribution is -2.45. The van der Waals surface area contributed by atoms with E-state index in [9.17, 15) is 13.6 Å². The summed E-state index contributed by atoms with van der Waals surface area (Å²) >= 11 is 0.479. The third-order valence-corrected chi connectivity index (χ3v) is 4.99. The Morgan fingerprint density at radius 3 is 2.43 bits per heavy atom. The molecule has 0 spiro atoms. The van der Waals surface area contributed by atoms with Crippen LogP contribution in [0.4, 0.5) is 14.5 Å². The predicted molar refractivity (Wildman–Crippen MR) is 88.9 cm³/mol. The zero-order valence-corrected chi connectivity index (χ0v) is 13.3. The van der Waals surface area contributed by atoms with Crippen molar-refractivity contribution in [2.24, 2.45) is 0 Å². The van der Waals surface area contributed by atoms with Crippen LogP contribution < -0.4 is 5.32 Å². The average molecular weight is 333 g/mol. The number of carbonyl (C=O) groups is 1. The summed E-state index contributed by atoms with van der Waals surface area (Å²) < 4.78 is 24.9. The normalized spacial score (nSPS) is 16.0. The van der Waals surface area contributed by atoms with Gasteiger partial charge >= 0.3 is 0 Å². The van der Waals surface area contributed by atoms with Crippen LogP contribution in [-0.4, -0.2) is 11.7 Å². The quantitative estimate of drug-likeness (QED) is 0.775. The topological polar surface area (TPSA) is 29.1 Å². The molecule has 0 aromatic heterocycles. The van der Waals surface area contributed by atoms with Crippen molar-refractivity contribution >= 4 is 23.4 Å². The van der Waals surface area contributed by atoms with Crippen LogP contribution in [0.3, 0.4) is 0 Å². The van der Waals surface area contributed by atoms with Crippen LogP contribution in [0, 0.1) is 0 Å². The summed E-state index contributed by atoms with van der Waals surface area (Å²) in [6, 6.07) is 16.4. The maximum atomic E-state index is 12.8. The number of alkyl halides is 2. The molecule has 0 bridgehead atoms. The number of hydrogen-bond donors (Lipinski definition) is 1. The fourth-order valence-corrected chi connectivity index (χ4v) is 3.49. The molecule has 0 unspecified atom stereocenters. The minimum atomic E-state index is -2.47. The summed E-state index contributed by atoms with van der Waals surface area (Å²) in [7, 11) is 0. The highest BCUT2D eigenvalue weighted by Crippen LogP contribution is 2.44. The number of benzene rings is 2. The van der Waals surface area contributed by atoms with Gasteiger partial charge in [0.2, 0.25) is 5.91 Å². The van der Waals surface area contributed by atoms with E-state index in [1.807, 2.05) is 30.3 Å². The van der Waals surface area contributed by atoms with Gasteiger partial charge in [0.25, 0.3) is 5.76 Å². The highest BCUT2D eigenvalue weighted by molar-refractivity contribution is 7.99. The van der Waals surface area contributed by atoms with Gasteiger partial charge in [0.15, 0.2) is 0 Å². The van der Waals surface area contributed by atoms with Gasteiger partial charge in [-0.25, -0.2) is 0 Å². The molecule has 23 heavy (non-hydrogen) atoms. The molecule has 1 amide bonds. The first-order valence-corrected chi connectivity index (χ1v) is 8.40. The monoisotopic (exact) mass is 333 g/mol. The van der Waals surface area contributed by atoms with Gasteiger partial charge in [-0.2, -0.15) is 8.78 Å². The summed E-state index contributed by atoms with van der Waals surface area (Å²) in [5.74, 6) is -2.53. The third-order valence-electron chi connectivity index (χ3n) is 4.29. The second-order valence-corrected chi connectivity index (χ2v) is 6.73. The number of hydrogen-bond acceptors (Lipinski definition) is 2. The van der Waals surface area contributed by atoms with Gasteiger partial charge < -0.3 is 5.32 Å². The molecule has 1 fully saturated rings. The molecule has 2 aromatic rings. The van der Waals surface area contributed by atoms with E-state index in [4.69, 9.17) is 0 Å². The lowest BCUT2D eigenvalue weighted by molar-refractivity contribution is -0.124. The fraction of sp³-hybridized carbons (Fsp3) is 0.278. The van der Waals surface area contributed by atoms with Crippen LogP contribution in [0.25, 0.3) is 0 Å². The Labute approximate surface area is 138 Å². The zero-order valence-electron chi connectivity index (χ0n) is 12.5. The molecule has 1 N–H and O–H groups in total. The van der Waals surface area contributed by atoms with Crippen molar-refractivity contribution in [2.75, 3.05) is 5.32 Å². The highest BCUT2D eigenvalue weighted by atomic mass is 32.2. The molecule has 1 saturated carbocycles. The van der Waals surface area contributed by atoms with Crippen molar-refractivity contribution in [3.63, 3.8) is 0 Å².